The van der Waals surface area contributed by atoms with E-state index in [1.54, 1.807) is 0 Å². The Morgan fingerprint density at radius 2 is 2.11 bits per heavy atom. The van der Waals surface area contributed by atoms with Crippen molar-refractivity contribution in [1.29, 1.82) is 0 Å². The molecule has 0 unspecified atom stereocenters. The molecule has 0 spiro atoms. The van der Waals surface area contributed by atoms with Crippen LogP contribution in [0.3, 0.4) is 0 Å². The first kappa shape index (κ1) is 15.8. The van der Waals surface area contributed by atoms with Crippen LogP contribution in [0.2, 0.25) is 5.02 Å². The Labute approximate surface area is 119 Å². The number of ether oxygens (including phenoxy) is 2. The largest absolute Gasteiger partial charge is 0.493 e. The zero-order valence-corrected chi connectivity index (χ0v) is 12.5. The highest BCUT2D eigenvalue weighted by Crippen LogP contribution is 2.25. The molecule has 0 saturated heterocycles. The number of benzene rings is 1. The lowest BCUT2D eigenvalue weighted by atomic mass is 10.0. The minimum atomic E-state index is -0.206. The molecule has 106 valence electrons. The third kappa shape index (κ3) is 5.97. The summed E-state index contributed by atoms with van der Waals surface area (Å²) in [5.74, 6) is 1.18. The quantitative estimate of drug-likeness (QED) is 0.563. The van der Waals surface area contributed by atoms with Gasteiger partial charge < -0.3 is 9.47 Å². The molecule has 0 radical (unpaired) electrons. The average Bonchev–Trinajstić information content (AvgIpc) is 2.35. The topological polar surface area (TPSA) is 35.5 Å². The van der Waals surface area contributed by atoms with Gasteiger partial charge in [0, 0.05) is 11.4 Å². The lowest BCUT2D eigenvalue weighted by Crippen LogP contribution is -2.06. The Morgan fingerprint density at radius 3 is 2.74 bits per heavy atom. The van der Waals surface area contributed by atoms with Crippen molar-refractivity contribution in [2.45, 2.75) is 33.1 Å². The predicted molar refractivity (Wildman–Crippen MR) is 76.7 cm³/mol. The first-order chi connectivity index (χ1) is 9.02. The molecule has 0 aliphatic rings. The summed E-state index contributed by atoms with van der Waals surface area (Å²) in [6.07, 6.45) is 1.95. The van der Waals surface area contributed by atoms with Crippen LogP contribution in [-0.2, 0) is 16.0 Å². The van der Waals surface area contributed by atoms with E-state index in [2.05, 4.69) is 18.6 Å². The number of halogens is 1. The van der Waals surface area contributed by atoms with E-state index in [-0.39, 0.29) is 5.97 Å². The number of carbonyl (C=O) groups excluding carboxylic acids is 1. The van der Waals surface area contributed by atoms with Gasteiger partial charge in [-0.05, 0) is 42.5 Å². The third-order valence-corrected chi connectivity index (χ3v) is 2.90. The van der Waals surface area contributed by atoms with Crippen LogP contribution in [0, 0.1) is 5.92 Å². The molecule has 0 saturated carbocycles. The molecule has 4 heteroatoms. The van der Waals surface area contributed by atoms with Gasteiger partial charge >= 0.3 is 5.97 Å². The number of rotatable bonds is 7. The van der Waals surface area contributed by atoms with E-state index in [0.717, 1.165) is 22.8 Å². The summed E-state index contributed by atoms with van der Waals surface area (Å²) in [6, 6.07) is 5.65. The number of esters is 1. The van der Waals surface area contributed by atoms with Gasteiger partial charge in [0.25, 0.3) is 0 Å². The summed E-state index contributed by atoms with van der Waals surface area (Å²) in [5, 5.41) is 0.720. The molecule has 0 atom stereocenters. The van der Waals surface area contributed by atoms with Crippen molar-refractivity contribution in [2.24, 2.45) is 5.92 Å². The molecular weight excluding hydrogens is 264 g/mol. The highest BCUT2D eigenvalue weighted by Gasteiger charge is 2.07. The standard InChI is InChI=1S/C15H21ClO3/c1-11(2)9-12-10-13(16)6-7-14(12)19-8-4-5-15(17)18-3/h6-7,10-11H,4-5,8-9H2,1-3H3. The number of hydrogen-bond acceptors (Lipinski definition) is 3. The molecule has 3 nitrogen and oxygen atoms in total. The van der Waals surface area contributed by atoms with Crippen molar-refractivity contribution >= 4 is 17.6 Å². The zero-order valence-electron chi connectivity index (χ0n) is 11.7. The second kappa shape index (κ2) is 8.05. The maximum atomic E-state index is 11.0. The Hall–Kier alpha value is -1.22. The third-order valence-electron chi connectivity index (χ3n) is 2.66. The van der Waals surface area contributed by atoms with Gasteiger partial charge in [0.1, 0.15) is 5.75 Å². The van der Waals surface area contributed by atoms with Crippen molar-refractivity contribution in [2.75, 3.05) is 13.7 Å². The molecule has 0 heterocycles. The number of methoxy groups -OCH3 is 1. The molecule has 0 aliphatic heterocycles. The summed E-state index contributed by atoms with van der Waals surface area (Å²) in [7, 11) is 1.39. The second-order valence-electron chi connectivity index (χ2n) is 4.88. The lowest BCUT2D eigenvalue weighted by molar-refractivity contribution is -0.140. The fourth-order valence-electron chi connectivity index (χ4n) is 1.79. The smallest absolute Gasteiger partial charge is 0.305 e. The van der Waals surface area contributed by atoms with Gasteiger partial charge in [0.05, 0.1) is 13.7 Å². The minimum Gasteiger partial charge on any atom is -0.493 e. The Balaban J connectivity index is 2.54. The monoisotopic (exact) mass is 284 g/mol. The van der Waals surface area contributed by atoms with Gasteiger partial charge in [0.2, 0.25) is 0 Å². The van der Waals surface area contributed by atoms with E-state index < -0.39 is 0 Å². The Bertz CT molecular complexity index is 416. The van der Waals surface area contributed by atoms with Gasteiger partial charge in [-0.3, -0.25) is 4.79 Å². The molecule has 19 heavy (non-hydrogen) atoms. The number of hydrogen-bond donors (Lipinski definition) is 0. The van der Waals surface area contributed by atoms with E-state index in [0.29, 0.717) is 25.4 Å². The van der Waals surface area contributed by atoms with E-state index in [1.165, 1.54) is 7.11 Å². The van der Waals surface area contributed by atoms with Gasteiger partial charge in [0.15, 0.2) is 0 Å². The fraction of sp³-hybridized carbons (Fsp3) is 0.533. The molecular formula is C15H21ClO3. The average molecular weight is 285 g/mol. The normalized spacial score (nSPS) is 10.6. The maximum absolute atomic E-state index is 11.0. The Kier molecular flexibility index (Phi) is 6.71. The first-order valence-electron chi connectivity index (χ1n) is 6.51. The maximum Gasteiger partial charge on any atom is 0.305 e. The van der Waals surface area contributed by atoms with Gasteiger partial charge in [-0.2, -0.15) is 0 Å². The van der Waals surface area contributed by atoms with E-state index in [1.807, 2.05) is 18.2 Å². The van der Waals surface area contributed by atoms with Gasteiger partial charge in [-0.1, -0.05) is 25.4 Å². The fourth-order valence-corrected chi connectivity index (χ4v) is 1.98. The van der Waals surface area contributed by atoms with Crippen molar-refractivity contribution in [3.8, 4) is 5.75 Å². The lowest BCUT2D eigenvalue weighted by Gasteiger charge is -2.13. The van der Waals surface area contributed by atoms with Crippen molar-refractivity contribution < 1.29 is 14.3 Å². The summed E-state index contributed by atoms with van der Waals surface area (Å²) >= 11 is 6.01. The van der Waals surface area contributed by atoms with Crippen molar-refractivity contribution in [3.63, 3.8) is 0 Å². The SMILES string of the molecule is COC(=O)CCCOc1ccc(Cl)cc1CC(C)C. The van der Waals surface area contributed by atoms with E-state index in [4.69, 9.17) is 16.3 Å². The van der Waals surface area contributed by atoms with Crippen LogP contribution >= 0.6 is 11.6 Å². The Morgan fingerprint density at radius 1 is 1.37 bits per heavy atom. The van der Waals surface area contributed by atoms with Crippen LogP contribution in [0.1, 0.15) is 32.3 Å². The summed E-state index contributed by atoms with van der Waals surface area (Å²) in [4.78, 5) is 11.0. The van der Waals surface area contributed by atoms with Crippen LogP contribution in [0.15, 0.2) is 18.2 Å². The van der Waals surface area contributed by atoms with E-state index in [9.17, 15) is 4.79 Å². The molecule has 1 aromatic carbocycles. The van der Waals surface area contributed by atoms with Crippen molar-refractivity contribution in [1.82, 2.24) is 0 Å². The summed E-state index contributed by atoms with van der Waals surface area (Å²) in [6.45, 7) is 4.81. The van der Waals surface area contributed by atoms with Crippen LogP contribution in [0.25, 0.3) is 0 Å². The summed E-state index contributed by atoms with van der Waals surface area (Å²) < 4.78 is 10.3. The van der Waals surface area contributed by atoms with Crippen molar-refractivity contribution in [3.05, 3.63) is 28.8 Å². The molecule has 0 aliphatic carbocycles. The zero-order chi connectivity index (χ0) is 14.3. The molecule has 1 rings (SSSR count). The van der Waals surface area contributed by atoms with Crippen LogP contribution < -0.4 is 4.74 Å². The highest BCUT2D eigenvalue weighted by atomic mass is 35.5. The molecule has 0 aromatic heterocycles. The van der Waals surface area contributed by atoms with Crippen LogP contribution in [0.4, 0.5) is 0 Å². The molecule has 0 fully saturated rings. The van der Waals surface area contributed by atoms with Crippen LogP contribution in [0.5, 0.6) is 5.75 Å². The number of carbonyl (C=O) groups is 1. The molecule has 0 amide bonds. The second-order valence-corrected chi connectivity index (χ2v) is 5.31. The highest BCUT2D eigenvalue weighted by molar-refractivity contribution is 6.30. The molecule has 1 aromatic rings. The minimum absolute atomic E-state index is 0.206. The van der Waals surface area contributed by atoms with Gasteiger partial charge in [-0.15, -0.1) is 0 Å². The predicted octanol–water partition coefficient (Wildman–Crippen LogP) is 3.87. The van der Waals surface area contributed by atoms with E-state index >= 15 is 0 Å². The van der Waals surface area contributed by atoms with Gasteiger partial charge in [-0.25, -0.2) is 0 Å². The van der Waals surface area contributed by atoms with Crippen LogP contribution in [-0.4, -0.2) is 19.7 Å². The summed E-state index contributed by atoms with van der Waals surface area (Å²) in [5.41, 5.74) is 1.11. The molecule has 0 bridgehead atoms. The molecule has 0 N–H and O–H groups in total. The first-order valence-corrected chi connectivity index (χ1v) is 6.88.